The van der Waals surface area contributed by atoms with Gasteiger partial charge in [0.1, 0.15) is 5.82 Å². The average molecular weight is 295 g/mol. The number of halogens is 3. The summed E-state index contributed by atoms with van der Waals surface area (Å²) in [6.45, 7) is -0.0133. The van der Waals surface area contributed by atoms with Crippen LogP contribution in [0.5, 0.6) is 0 Å². The Morgan fingerprint density at radius 2 is 1.67 bits per heavy atom. The molecule has 2 aromatic carbocycles. The highest BCUT2D eigenvalue weighted by atomic mass is 19.2. The minimum atomic E-state index is -1.22. The summed E-state index contributed by atoms with van der Waals surface area (Å²) in [6.07, 6.45) is 0. The van der Waals surface area contributed by atoms with Gasteiger partial charge in [0.05, 0.1) is 12.7 Å². The standard InChI is InChI=1S/C15H12F3NO2/c1-21-15(20)9-2-4-11(5-3-9)19-8-10-6-13(17)14(18)7-12(10)16/h2-7,19H,8H2,1H3. The highest BCUT2D eigenvalue weighted by Crippen LogP contribution is 2.16. The second-order valence-electron chi connectivity index (χ2n) is 4.28. The number of carbonyl (C=O) groups excluding carboxylic acids is 1. The topological polar surface area (TPSA) is 38.3 Å². The van der Waals surface area contributed by atoms with Gasteiger partial charge in [0.15, 0.2) is 11.6 Å². The third-order valence-electron chi connectivity index (χ3n) is 2.88. The van der Waals surface area contributed by atoms with Crippen molar-refractivity contribution in [2.75, 3.05) is 12.4 Å². The van der Waals surface area contributed by atoms with Gasteiger partial charge in [0.2, 0.25) is 0 Å². The van der Waals surface area contributed by atoms with Crippen LogP contribution in [0.1, 0.15) is 15.9 Å². The zero-order valence-corrected chi connectivity index (χ0v) is 11.1. The van der Waals surface area contributed by atoms with Gasteiger partial charge in [-0.15, -0.1) is 0 Å². The molecular formula is C15H12F3NO2. The molecule has 0 aliphatic rings. The Morgan fingerprint density at radius 3 is 2.29 bits per heavy atom. The van der Waals surface area contributed by atoms with Crippen molar-refractivity contribution in [3.63, 3.8) is 0 Å². The Balaban J connectivity index is 2.06. The smallest absolute Gasteiger partial charge is 0.337 e. The SMILES string of the molecule is COC(=O)c1ccc(NCc2cc(F)c(F)cc2F)cc1. The summed E-state index contributed by atoms with van der Waals surface area (Å²) in [4.78, 5) is 11.2. The number of ether oxygens (including phenoxy) is 1. The van der Waals surface area contributed by atoms with Crippen molar-refractivity contribution in [3.05, 3.63) is 65.0 Å². The zero-order valence-electron chi connectivity index (χ0n) is 11.1. The molecule has 0 aliphatic heterocycles. The third kappa shape index (κ3) is 3.53. The first kappa shape index (κ1) is 14.9. The lowest BCUT2D eigenvalue weighted by Crippen LogP contribution is -2.05. The molecule has 2 aromatic rings. The van der Waals surface area contributed by atoms with E-state index in [0.29, 0.717) is 17.3 Å². The molecule has 110 valence electrons. The van der Waals surface area contributed by atoms with Gasteiger partial charge >= 0.3 is 5.97 Å². The third-order valence-corrected chi connectivity index (χ3v) is 2.88. The molecule has 21 heavy (non-hydrogen) atoms. The van der Waals surface area contributed by atoms with E-state index in [1.807, 2.05) is 0 Å². The van der Waals surface area contributed by atoms with E-state index in [2.05, 4.69) is 10.1 Å². The summed E-state index contributed by atoms with van der Waals surface area (Å²) in [5.74, 6) is -3.62. The zero-order chi connectivity index (χ0) is 15.4. The molecule has 6 heteroatoms. The van der Waals surface area contributed by atoms with Gasteiger partial charge in [-0.3, -0.25) is 0 Å². The summed E-state index contributed by atoms with van der Waals surface area (Å²) in [5.41, 5.74) is 0.986. The van der Waals surface area contributed by atoms with Crippen LogP contribution in [0, 0.1) is 17.5 Å². The van der Waals surface area contributed by atoms with Crippen molar-refractivity contribution in [3.8, 4) is 0 Å². The number of hydrogen-bond donors (Lipinski definition) is 1. The number of nitrogens with one attached hydrogen (secondary N) is 1. The van der Waals surface area contributed by atoms with E-state index in [0.717, 1.165) is 6.07 Å². The van der Waals surface area contributed by atoms with Crippen molar-refractivity contribution in [1.82, 2.24) is 0 Å². The largest absolute Gasteiger partial charge is 0.465 e. The van der Waals surface area contributed by atoms with Gasteiger partial charge < -0.3 is 10.1 Å². The van der Waals surface area contributed by atoms with E-state index < -0.39 is 23.4 Å². The minimum Gasteiger partial charge on any atom is -0.465 e. The summed E-state index contributed by atoms with van der Waals surface area (Å²) < 4.78 is 43.8. The first-order valence-corrected chi connectivity index (χ1v) is 6.07. The van der Waals surface area contributed by atoms with Crippen LogP contribution in [0.3, 0.4) is 0 Å². The van der Waals surface area contributed by atoms with E-state index in [-0.39, 0.29) is 12.1 Å². The molecule has 0 atom stereocenters. The molecule has 0 heterocycles. The first-order valence-electron chi connectivity index (χ1n) is 6.07. The monoisotopic (exact) mass is 295 g/mol. The Kier molecular flexibility index (Phi) is 4.47. The second kappa shape index (κ2) is 6.30. The van der Waals surface area contributed by atoms with Crippen LogP contribution >= 0.6 is 0 Å². The summed E-state index contributed by atoms with van der Waals surface area (Å²) >= 11 is 0. The van der Waals surface area contributed by atoms with E-state index in [1.54, 1.807) is 12.1 Å². The predicted octanol–water partition coefficient (Wildman–Crippen LogP) is 3.50. The quantitative estimate of drug-likeness (QED) is 0.693. The maximum absolute atomic E-state index is 13.4. The van der Waals surface area contributed by atoms with E-state index in [4.69, 9.17) is 0 Å². The highest BCUT2D eigenvalue weighted by molar-refractivity contribution is 5.89. The van der Waals surface area contributed by atoms with Gasteiger partial charge in [-0.1, -0.05) is 0 Å². The van der Waals surface area contributed by atoms with Gasteiger partial charge in [0, 0.05) is 23.9 Å². The van der Waals surface area contributed by atoms with Crippen LogP contribution in [-0.4, -0.2) is 13.1 Å². The van der Waals surface area contributed by atoms with Crippen molar-refractivity contribution >= 4 is 11.7 Å². The lowest BCUT2D eigenvalue weighted by Gasteiger charge is -2.08. The summed E-state index contributed by atoms with van der Waals surface area (Å²) in [7, 11) is 1.28. The molecule has 0 aliphatic carbocycles. The number of rotatable bonds is 4. The predicted molar refractivity (Wildman–Crippen MR) is 71.4 cm³/mol. The Hall–Kier alpha value is -2.50. The van der Waals surface area contributed by atoms with Crippen molar-refractivity contribution in [2.24, 2.45) is 0 Å². The number of methoxy groups -OCH3 is 1. The normalized spacial score (nSPS) is 10.3. The number of hydrogen-bond acceptors (Lipinski definition) is 3. The molecule has 0 bridgehead atoms. The molecule has 0 radical (unpaired) electrons. The lowest BCUT2D eigenvalue weighted by atomic mass is 10.1. The maximum Gasteiger partial charge on any atom is 0.337 e. The lowest BCUT2D eigenvalue weighted by molar-refractivity contribution is 0.0601. The fourth-order valence-electron chi connectivity index (χ4n) is 1.74. The maximum atomic E-state index is 13.4. The van der Waals surface area contributed by atoms with Gasteiger partial charge in [-0.25, -0.2) is 18.0 Å². The van der Waals surface area contributed by atoms with Gasteiger partial charge in [-0.2, -0.15) is 0 Å². The molecule has 0 fully saturated rings. The first-order chi connectivity index (χ1) is 10.0. The van der Waals surface area contributed by atoms with E-state index >= 15 is 0 Å². The molecule has 0 aromatic heterocycles. The molecule has 2 rings (SSSR count). The van der Waals surface area contributed by atoms with Crippen molar-refractivity contribution in [1.29, 1.82) is 0 Å². The van der Waals surface area contributed by atoms with Crippen LogP contribution in [0.4, 0.5) is 18.9 Å². The fraction of sp³-hybridized carbons (Fsp3) is 0.133. The van der Waals surface area contributed by atoms with Gasteiger partial charge in [-0.05, 0) is 30.3 Å². The summed E-state index contributed by atoms with van der Waals surface area (Å²) in [5, 5.41) is 2.85. The molecule has 0 saturated carbocycles. The minimum absolute atomic E-state index is 0.00550. The average Bonchev–Trinajstić information content (AvgIpc) is 2.49. The van der Waals surface area contributed by atoms with Gasteiger partial charge in [0.25, 0.3) is 0 Å². The van der Waals surface area contributed by atoms with Crippen molar-refractivity contribution < 1.29 is 22.7 Å². The van der Waals surface area contributed by atoms with Crippen LogP contribution in [0.15, 0.2) is 36.4 Å². The Bertz CT molecular complexity index is 657. The number of carbonyl (C=O) groups is 1. The molecule has 0 amide bonds. The number of esters is 1. The molecular weight excluding hydrogens is 283 g/mol. The fourth-order valence-corrected chi connectivity index (χ4v) is 1.74. The Morgan fingerprint density at radius 1 is 1.05 bits per heavy atom. The highest BCUT2D eigenvalue weighted by Gasteiger charge is 2.10. The second-order valence-corrected chi connectivity index (χ2v) is 4.28. The molecule has 0 unspecified atom stereocenters. The van der Waals surface area contributed by atoms with E-state index in [9.17, 15) is 18.0 Å². The summed E-state index contributed by atoms with van der Waals surface area (Å²) in [6, 6.07) is 7.59. The van der Waals surface area contributed by atoms with Crippen LogP contribution in [-0.2, 0) is 11.3 Å². The molecule has 0 spiro atoms. The molecule has 0 saturated heterocycles. The molecule has 3 nitrogen and oxygen atoms in total. The van der Waals surface area contributed by atoms with Crippen LogP contribution < -0.4 is 5.32 Å². The van der Waals surface area contributed by atoms with Crippen LogP contribution in [0.25, 0.3) is 0 Å². The van der Waals surface area contributed by atoms with Crippen LogP contribution in [0.2, 0.25) is 0 Å². The number of anilines is 1. The molecule has 1 N–H and O–H groups in total. The number of benzene rings is 2. The van der Waals surface area contributed by atoms with Crippen molar-refractivity contribution in [2.45, 2.75) is 6.54 Å². The van der Waals surface area contributed by atoms with E-state index in [1.165, 1.54) is 19.2 Å². The Labute approximate surface area is 119 Å².